The van der Waals surface area contributed by atoms with Gasteiger partial charge in [0.25, 0.3) is 0 Å². The number of methoxy groups -OCH3 is 2. The first-order valence-corrected chi connectivity index (χ1v) is 11.1. The third-order valence-corrected chi connectivity index (χ3v) is 7.42. The highest BCUT2D eigenvalue weighted by Gasteiger charge is 2.55. The molecule has 0 fully saturated rings. The minimum Gasteiger partial charge on any atom is -0.466 e. The van der Waals surface area contributed by atoms with Crippen LogP contribution in [0.4, 0.5) is 4.79 Å². The Kier molecular flexibility index (Phi) is 5.18. The number of ether oxygens (including phenoxy) is 2. The Morgan fingerprint density at radius 2 is 1.58 bits per heavy atom. The van der Waals surface area contributed by atoms with Gasteiger partial charge in [-0.2, -0.15) is 0 Å². The van der Waals surface area contributed by atoms with E-state index in [1.165, 1.54) is 37.3 Å². The second kappa shape index (κ2) is 7.70. The second-order valence-corrected chi connectivity index (χ2v) is 9.24. The standard InChI is InChI=1S/C23H21NO6S/c1-14-9-11-16(12-10-14)31(27,28)18-13-17-20(22(25)29-2)19(15-7-5-4-6-8-15)21(18)24(17)23(26)30-3/h4-13,17,21H,1-3H3/t17-,21+/m1/s1. The number of hydrogen-bond acceptors (Lipinski definition) is 6. The van der Waals surface area contributed by atoms with E-state index in [4.69, 9.17) is 9.47 Å². The lowest BCUT2D eigenvalue weighted by Gasteiger charge is -2.25. The molecule has 4 rings (SSSR count). The summed E-state index contributed by atoms with van der Waals surface area (Å²) in [5.74, 6) is -0.622. The molecule has 2 aliphatic heterocycles. The Bertz CT molecular complexity index is 1210. The van der Waals surface area contributed by atoms with Crippen LogP contribution in [-0.2, 0) is 24.1 Å². The predicted molar refractivity (Wildman–Crippen MR) is 114 cm³/mol. The number of carbonyl (C=O) groups is 2. The number of hydrogen-bond donors (Lipinski definition) is 0. The Morgan fingerprint density at radius 3 is 2.16 bits per heavy atom. The molecule has 0 N–H and O–H groups in total. The molecule has 1 amide bonds. The first kappa shape index (κ1) is 20.9. The Labute approximate surface area is 180 Å². The van der Waals surface area contributed by atoms with Gasteiger partial charge in [0.15, 0.2) is 0 Å². The fourth-order valence-electron chi connectivity index (χ4n) is 4.12. The van der Waals surface area contributed by atoms with Gasteiger partial charge in [0, 0.05) is 5.57 Å². The van der Waals surface area contributed by atoms with Crippen molar-refractivity contribution in [3.05, 3.63) is 82.3 Å². The van der Waals surface area contributed by atoms with E-state index in [9.17, 15) is 18.0 Å². The van der Waals surface area contributed by atoms with Crippen molar-refractivity contribution < 1.29 is 27.5 Å². The second-order valence-electron chi connectivity index (χ2n) is 7.30. The average molecular weight is 439 g/mol. The van der Waals surface area contributed by atoms with Crippen LogP contribution in [-0.4, -0.2) is 51.7 Å². The van der Waals surface area contributed by atoms with Gasteiger partial charge >= 0.3 is 12.1 Å². The molecule has 8 heteroatoms. The van der Waals surface area contributed by atoms with E-state index in [1.807, 2.05) is 13.0 Å². The molecule has 2 aromatic rings. The van der Waals surface area contributed by atoms with Gasteiger partial charge < -0.3 is 9.47 Å². The third-order valence-electron chi connectivity index (χ3n) is 5.55. The van der Waals surface area contributed by atoms with Gasteiger partial charge in [-0.15, -0.1) is 0 Å². The van der Waals surface area contributed by atoms with Gasteiger partial charge in [0.05, 0.1) is 41.7 Å². The molecule has 7 nitrogen and oxygen atoms in total. The summed E-state index contributed by atoms with van der Waals surface area (Å²) >= 11 is 0. The summed E-state index contributed by atoms with van der Waals surface area (Å²) in [6.07, 6.45) is 0.711. The molecule has 31 heavy (non-hydrogen) atoms. The molecule has 2 heterocycles. The quantitative estimate of drug-likeness (QED) is 0.680. The highest BCUT2D eigenvalue weighted by molar-refractivity contribution is 7.95. The fraction of sp³-hybridized carbons (Fsp3) is 0.217. The van der Waals surface area contributed by atoms with Crippen molar-refractivity contribution in [2.24, 2.45) is 0 Å². The zero-order chi connectivity index (χ0) is 22.3. The lowest BCUT2D eigenvalue weighted by atomic mass is 9.91. The molecule has 0 spiro atoms. The van der Waals surface area contributed by atoms with Crippen LogP contribution in [0.25, 0.3) is 5.57 Å². The molecule has 2 aromatic carbocycles. The summed E-state index contributed by atoms with van der Waals surface area (Å²) in [5.41, 5.74) is 2.21. The van der Waals surface area contributed by atoms with Gasteiger partial charge in [-0.25, -0.2) is 18.0 Å². The highest BCUT2D eigenvalue weighted by atomic mass is 32.2. The van der Waals surface area contributed by atoms with E-state index in [2.05, 4.69) is 0 Å². The van der Waals surface area contributed by atoms with Gasteiger partial charge in [0.2, 0.25) is 9.84 Å². The fourth-order valence-corrected chi connectivity index (χ4v) is 5.72. The van der Waals surface area contributed by atoms with E-state index < -0.39 is 34.0 Å². The van der Waals surface area contributed by atoms with Gasteiger partial charge in [-0.05, 0) is 30.7 Å². The van der Waals surface area contributed by atoms with Gasteiger partial charge in [-0.3, -0.25) is 4.90 Å². The SMILES string of the molecule is COC(=O)C1=C(c2ccccc2)[C@@H]2C(S(=O)(=O)c3ccc(C)cc3)=C[C@H]1N2C(=O)OC. The molecule has 160 valence electrons. The van der Waals surface area contributed by atoms with Crippen molar-refractivity contribution in [2.45, 2.75) is 23.9 Å². The zero-order valence-corrected chi connectivity index (χ0v) is 18.0. The molecule has 2 atom stereocenters. The number of carbonyl (C=O) groups excluding carboxylic acids is 2. The summed E-state index contributed by atoms with van der Waals surface area (Å²) in [5, 5.41) is 0. The summed E-state index contributed by atoms with van der Waals surface area (Å²) in [7, 11) is -1.47. The maximum Gasteiger partial charge on any atom is 0.411 e. The van der Waals surface area contributed by atoms with Gasteiger partial charge in [-0.1, -0.05) is 48.0 Å². The number of esters is 1. The minimum absolute atomic E-state index is 0.0401. The van der Waals surface area contributed by atoms with E-state index in [0.717, 1.165) is 5.56 Å². The monoisotopic (exact) mass is 439 g/mol. The maximum absolute atomic E-state index is 13.5. The van der Waals surface area contributed by atoms with E-state index in [0.29, 0.717) is 11.1 Å². The van der Waals surface area contributed by atoms with Crippen LogP contribution < -0.4 is 0 Å². The number of fused-ring (bicyclic) bond motifs is 2. The number of benzene rings is 2. The lowest BCUT2D eigenvalue weighted by Crippen LogP contribution is -2.40. The largest absolute Gasteiger partial charge is 0.466 e. The van der Waals surface area contributed by atoms with Crippen LogP contribution >= 0.6 is 0 Å². The van der Waals surface area contributed by atoms with Crippen LogP contribution in [0.3, 0.4) is 0 Å². The van der Waals surface area contributed by atoms with E-state index in [-0.39, 0.29) is 15.4 Å². The molecule has 0 saturated carbocycles. The van der Waals surface area contributed by atoms with Crippen molar-refractivity contribution >= 4 is 27.5 Å². The minimum atomic E-state index is -3.93. The van der Waals surface area contributed by atoms with E-state index >= 15 is 0 Å². The molecular formula is C23H21NO6S. The summed E-state index contributed by atoms with van der Waals surface area (Å²) in [6, 6.07) is 13.5. The zero-order valence-electron chi connectivity index (χ0n) is 17.2. The van der Waals surface area contributed by atoms with Crippen LogP contribution in [0.1, 0.15) is 11.1 Å². The Hall–Kier alpha value is -3.39. The average Bonchev–Trinajstić information content (AvgIpc) is 3.33. The topological polar surface area (TPSA) is 90.0 Å². The van der Waals surface area contributed by atoms with Crippen molar-refractivity contribution in [1.29, 1.82) is 0 Å². The molecule has 0 aliphatic carbocycles. The highest BCUT2D eigenvalue weighted by Crippen LogP contribution is 2.49. The summed E-state index contributed by atoms with van der Waals surface area (Å²) in [6.45, 7) is 1.87. The van der Waals surface area contributed by atoms with Crippen molar-refractivity contribution in [1.82, 2.24) is 4.90 Å². The van der Waals surface area contributed by atoms with Crippen molar-refractivity contribution in [2.75, 3.05) is 14.2 Å². The van der Waals surface area contributed by atoms with Crippen LogP contribution in [0, 0.1) is 6.92 Å². The molecule has 0 aromatic heterocycles. The molecular weight excluding hydrogens is 418 g/mol. The van der Waals surface area contributed by atoms with Crippen molar-refractivity contribution in [3.63, 3.8) is 0 Å². The summed E-state index contributed by atoms with van der Waals surface area (Å²) in [4.78, 5) is 26.8. The number of rotatable bonds is 4. The maximum atomic E-state index is 13.5. The third kappa shape index (κ3) is 3.23. The van der Waals surface area contributed by atoms with Crippen LogP contribution in [0.15, 0.2) is 76.0 Å². The van der Waals surface area contributed by atoms with E-state index in [1.54, 1.807) is 36.4 Å². The number of aryl methyl sites for hydroxylation is 1. The Morgan fingerprint density at radius 1 is 0.935 bits per heavy atom. The Balaban J connectivity index is 1.92. The number of sulfone groups is 1. The van der Waals surface area contributed by atoms with Crippen LogP contribution in [0.5, 0.6) is 0 Å². The number of amides is 1. The predicted octanol–water partition coefficient (Wildman–Crippen LogP) is 3.11. The lowest BCUT2D eigenvalue weighted by molar-refractivity contribution is -0.136. The normalized spacial score (nSPS) is 20.0. The van der Waals surface area contributed by atoms with Crippen LogP contribution in [0.2, 0.25) is 0 Å². The molecule has 0 saturated heterocycles. The molecule has 0 unspecified atom stereocenters. The van der Waals surface area contributed by atoms with Gasteiger partial charge in [0.1, 0.15) is 0 Å². The molecule has 2 aliphatic rings. The molecule has 2 bridgehead atoms. The first-order valence-electron chi connectivity index (χ1n) is 9.58. The molecule has 0 radical (unpaired) electrons. The first-order chi connectivity index (χ1) is 14.8. The van der Waals surface area contributed by atoms with Crippen molar-refractivity contribution in [3.8, 4) is 0 Å². The summed E-state index contributed by atoms with van der Waals surface area (Å²) < 4.78 is 36.9. The number of nitrogens with zero attached hydrogens (tertiary/aromatic N) is 1. The smallest absolute Gasteiger partial charge is 0.411 e.